The van der Waals surface area contributed by atoms with Crippen molar-refractivity contribution in [1.82, 2.24) is 4.90 Å². The highest BCUT2D eigenvalue weighted by Gasteiger charge is 2.40. The summed E-state index contributed by atoms with van der Waals surface area (Å²) in [5.41, 5.74) is 7.39. The third-order valence-electron chi connectivity index (χ3n) is 8.69. The molecule has 0 saturated heterocycles. The second-order valence-corrected chi connectivity index (χ2v) is 12.5. The maximum Gasteiger partial charge on any atom is 0.410 e. The topological polar surface area (TPSA) is 76.1 Å². The lowest BCUT2D eigenvalue weighted by molar-refractivity contribution is -0.141. The molecule has 5 aromatic carbocycles. The number of amides is 1. The van der Waals surface area contributed by atoms with Gasteiger partial charge in [0.15, 0.2) is 0 Å². The number of methoxy groups -OCH3 is 1. The Labute approximate surface area is 273 Å². The van der Waals surface area contributed by atoms with E-state index in [4.69, 9.17) is 9.47 Å². The van der Waals surface area contributed by atoms with Gasteiger partial charge in [-0.25, -0.2) is 9.59 Å². The van der Waals surface area contributed by atoms with Crippen LogP contribution in [0.25, 0.3) is 11.1 Å². The highest BCUT2D eigenvalue weighted by molar-refractivity contribution is 8.00. The maximum atomic E-state index is 13.5. The van der Waals surface area contributed by atoms with E-state index in [9.17, 15) is 14.7 Å². The number of benzene rings is 5. The van der Waals surface area contributed by atoms with Gasteiger partial charge in [0.25, 0.3) is 0 Å². The van der Waals surface area contributed by atoms with Crippen LogP contribution in [0.2, 0.25) is 0 Å². The van der Waals surface area contributed by atoms with E-state index in [1.54, 1.807) is 7.11 Å². The summed E-state index contributed by atoms with van der Waals surface area (Å²) in [7, 11) is 3.13. The van der Waals surface area contributed by atoms with Gasteiger partial charge in [0, 0.05) is 18.7 Å². The summed E-state index contributed by atoms with van der Waals surface area (Å²) in [6, 6.07) is 43.0. The van der Waals surface area contributed by atoms with Gasteiger partial charge in [-0.15, -0.1) is 11.8 Å². The third-order valence-corrected chi connectivity index (χ3v) is 10.3. The number of carboxylic acids is 1. The van der Waals surface area contributed by atoms with Gasteiger partial charge in [0.2, 0.25) is 0 Å². The lowest BCUT2D eigenvalue weighted by atomic mass is 9.84. The Morgan fingerprint density at radius 3 is 1.72 bits per heavy atom. The van der Waals surface area contributed by atoms with Gasteiger partial charge in [-0.3, -0.25) is 4.90 Å². The van der Waals surface area contributed by atoms with Crippen LogP contribution in [0.1, 0.15) is 33.7 Å². The Morgan fingerprint density at radius 1 is 0.739 bits per heavy atom. The van der Waals surface area contributed by atoms with E-state index in [1.807, 2.05) is 84.9 Å². The minimum atomic E-state index is -1.15. The van der Waals surface area contributed by atoms with E-state index in [2.05, 4.69) is 48.5 Å². The van der Waals surface area contributed by atoms with Crippen LogP contribution in [0.4, 0.5) is 4.79 Å². The summed E-state index contributed by atoms with van der Waals surface area (Å²) in [5, 5.41) is 10.4. The molecule has 6 nitrogen and oxygen atoms in total. The Kier molecular flexibility index (Phi) is 9.13. The molecule has 1 aliphatic carbocycles. The minimum Gasteiger partial charge on any atom is -0.497 e. The first-order valence-corrected chi connectivity index (χ1v) is 16.1. The molecule has 46 heavy (non-hydrogen) atoms. The first-order valence-electron chi connectivity index (χ1n) is 15.1. The molecule has 0 spiro atoms. The number of likely N-dealkylation sites (N-methyl/N-ethyl adjacent to an activating group) is 1. The van der Waals surface area contributed by atoms with Gasteiger partial charge < -0.3 is 14.6 Å². The van der Waals surface area contributed by atoms with Gasteiger partial charge in [-0.2, -0.15) is 0 Å². The van der Waals surface area contributed by atoms with Gasteiger partial charge in [0.1, 0.15) is 18.4 Å². The lowest BCUT2D eigenvalue weighted by Gasteiger charge is -2.37. The van der Waals surface area contributed by atoms with E-state index < -0.39 is 22.9 Å². The lowest BCUT2D eigenvalue weighted by Crippen LogP contribution is -2.45. The van der Waals surface area contributed by atoms with Crippen LogP contribution < -0.4 is 4.74 Å². The quantitative estimate of drug-likeness (QED) is 0.149. The number of nitrogens with zero attached hydrogens (tertiary/aromatic N) is 1. The number of thioether (sulfide) groups is 1. The van der Waals surface area contributed by atoms with Crippen LogP contribution in [-0.4, -0.2) is 54.6 Å². The molecule has 1 amide bonds. The van der Waals surface area contributed by atoms with E-state index in [1.165, 1.54) is 23.7 Å². The molecule has 7 heteroatoms. The molecule has 0 aromatic heterocycles. The third kappa shape index (κ3) is 5.86. The summed E-state index contributed by atoms with van der Waals surface area (Å²) in [5.74, 6) is -0.400. The van der Waals surface area contributed by atoms with Crippen LogP contribution in [0.15, 0.2) is 133 Å². The number of rotatable bonds is 11. The number of aliphatic carboxylic acids is 1. The number of fused-ring (bicyclic) bond motifs is 3. The molecule has 1 aliphatic rings. The zero-order chi connectivity index (χ0) is 32.1. The molecule has 0 aliphatic heterocycles. The van der Waals surface area contributed by atoms with E-state index in [0.717, 1.165) is 44.7 Å². The van der Waals surface area contributed by atoms with Crippen LogP contribution in [0.3, 0.4) is 0 Å². The van der Waals surface area contributed by atoms with Crippen molar-refractivity contribution in [3.63, 3.8) is 0 Å². The molecule has 0 fully saturated rings. The summed E-state index contributed by atoms with van der Waals surface area (Å²) in [6.45, 7) is 0.112. The second-order valence-electron chi connectivity index (χ2n) is 11.2. The van der Waals surface area contributed by atoms with E-state index >= 15 is 0 Å². The maximum absolute atomic E-state index is 13.5. The van der Waals surface area contributed by atoms with Crippen molar-refractivity contribution in [2.75, 3.05) is 26.5 Å². The van der Waals surface area contributed by atoms with E-state index in [0.29, 0.717) is 0 Å². The van der Waals surface area contributed by atoms with Crippen molar-refractivity contribution in [2.45, 2.75) is 16.7 Å². The molecule has 0 heterocycles. The van der Waals surface area contributed by atoms with Crippen LogP contribution >= 0.6 is 11.8 Å². The van der Waals surface area contributed by atoms with Crippen molar-refractivity contribution in [1.29, 1.82) is 0 Å². The summed E-state index contributed by atoms with van der Waals surface area (Å²) >= 11 is 1.48. The number of ether oxygens (including phenoxy) is 2. The Morgan fingerprint density at radius 2 is 1.22 bits per heavy atom. The Bertz CT molecular complexity index is 1720. The minimum absolute atomic E-state index is 0.103. The number of hydrogen-bond donors (Lipinski definition) is 1. The Hall–Kier alpha value is -5.01. The zero-order valence-corrected chi connectivity index (χ0v) is 26.5. The highest BCUT2D eigenvalue weighted by atomic mass is 32.2. The zero-order valence-electron chi connectivity index (χ0n) is 25.7. The van der Waals surface area contributed by atoms with Gasteiger partial charge in [0.05, 0.1) is 11.9 Å². The van der Waals surface area contributed by atoms with Gasteiger partial charge in [-0.05, 0) is 51.1 Å². The average Bonchev–Trinajstić information content (AvgIpc) is 3.43. The molecule has 0 saturated carbocycles. The SMILES string of the molecule is COc1ccc(C(SC[C@@H](C(=O)O)N(C)C(=O)OCC2c3ccccc3-c3ccccc32)(c2ccccc2)c2ccccc2)cc1. The molecule has 0 unspecified atom stereocenters. The largest absolute Gasteiger partial charge is 0.497 e. The average molecular weight is 630 g/mol. The number of carboxylic acid groups (broad SMARTS) is 1. The second kappa shape index (κ2) is 13.5. The van der Waals surface area contributed by atoms with Crippen LogP contribution in [0.5, 0.6) is 5.75 Å². The van der Waals surface area contributed by atoms with E-state index in [-0.39, 0.29) is 18.3 Å². The molecule has 5 aromatic rings. The molecule has 6 rings (SSSR count). The van der Waals surface area contributed by atoms with Crippen LogP contribution in [-0.2, 0) is 14.3 Å². The molecule has 0 radical (unpaired) electrons. The molecule has 232 valence electrons. The summed E-state index contributed by atoms with van der Waals surface area (Å²) < 4.78 is 10.5. The number of carbonyl (C=O) groups is 2. The number of carbonyl (C=O) groups excluding carboxylic acids is 1. The standard InChI is InChI=1S/C39H35NO5S/c1-40(38(43)45-25-35-33-19-11-9-17-31(33)32-18-10-12-20-34(32)35)36(37(41)42)26-46-39(27-13-5-3-6-14-27,28-15-7-4-8-16-28)29-21-23-30(44-2)24-22-29/h3-24,35-36H,25-26H2,1-2H3,(H,41,42)/t36-/m0/s1. The predicted octanol–water partition coefficient (Wildman–Crippen LogP) is 8.05. The van der Waals surface area contributed by atoms with Crippen molar-refractivity contribution in [3.05, 3.63) is 161 Å². The molecular formula is C39H35NO5S. The van der Waals surface area contributed by atoms with Crippen LogP contribution in [0, 0.1) is 0 Å². The molecule has 1 atom stereocenters. The van der Waals surface area contributed by atoms with Gasteiger partial charge >= 0.3 is 12.1 Å². The molecule has 1 N–H and O–H groups in total. The monoisotopic (exact) mass is 629 g/mol. The fraction of sp³-hybridized carbons (Fsp3) is 0.179. The molecular weight excluding hydrogens is 594 g/mol. The smallest absolute Gasteiger partial charge is 0.410 e. The summed E-state index contributed by atoms with van der Waals surface area (Å²) in [6.07, 6.45) is -0.677. The summed E-state index contributed by atoms with van der Waals surface area (Å²) in [4.78, 5) is 27.5. The normalized spacial score (nSPS) is 12.9. The predicted molar refractivity (Wildman–Crippen MR) is 182 cm³/mol. The first kappa shape index (κ1) is 31.0. The van der Waals surface area contributed by atoms with Crippen molar-refractivity contribution >= 4 is 23.8 Å². The fourth-order valence-corrected chi connectivity index (χ4v) is 7.98. The fourth-order valence-electron chi connectivity index (χ4n) is 6.30. The first-order chi connectivity index (χ1) is 22.4. The number of hydrogen-bond acceptors (Lipinski definition) is 5. The van der Waals surface area contributed by atoms with Crippen molar-refractivity contribution in [3.8, 4) is 16.9 Å². The Balaban J connectivity index is 1.28. The molecule has 0 bridgehead atoms. The van der Waals surface area contributed by atoms with Crippen molar-refractivity contribution < 1.29 is 24.2 Å². The van der Waals surface area contributed by atoms with Crippen molar-refractivity contribution in [2.24, 2.45) is 0 Å². The highest BCUT2D eigenvalue weighted by Crippen LogP contribution is 2.49. The van der Waals surface area contributed by atoms with Gasteiger partial charge in [-0.1, -0.05) is 121 Å².